The van der Waals surface area contributed by atoms with Gasteiger partial charge in [0.1, 0.15) is 0 Å². The lowest BCUT2D eigenvalue weighted by Crippen LogP contribution is -2.50. The van der Waals surface area contributed by atoms with E-state index in [1.165, 1.54) is 4.31 Å². The maximum absolute atomic E-state index is 12.8. The smallest absolute Gasteiger partial charge is 0.253 e. The van der Waals surface area contributed by atoms with Crippen molar-refractivity contribution in [1.29, 1.82) is 0 Å². The van der Waals surface area contributed by atoms with E-state index in [0.717, 1.165) is 10.2 Å². The molecule has 29 heavy (non-hydrogen) atoms. The first kappa shape index (κ1) is 19.9. The van der Waals surface area contributed by atoms with E-state index in [1.54, 1.807) is 29.2 Å². The SMILES string of the molecule is O=C(c1ccc(-n2cccc2)cc1)N1CCN(S(=O)(=O)c2cccc(Br)c2)CC1. The molecule has 0 atom stereocenters. The van der Waals surface area contributed by atoms with Crippen LogP contribution >= 0.6 is 15.9 Å². The molecule has 1 amide bonds. The third-order valence-electron chi connectivity index (χ3n) is 4.98. The summed E-state index contributed by atoms with van der Waals surface area (Å²) in [5.41, 5.74) is 1.58. The Labute approximate surface area is 178 Å². The summed E-state index contributed by atoms with van der Waals surface area (Å²) in [6.45, 7) is 1.29. The number of halogens is 1. The Bertz CT molecular complexity index is 1100. The molecule has 3 aromatic rings. The molecule has 2 aromatic carbocycles. The summed E-state index contributed by atoms with van der Waals surface area (Å²) in [5.74, 6) is -0.0800. The molecule has 1 aliphatic heterocycles. The lowest BCUT2D eigenvalue weighted by Gasteiger charge is -2.34. The van der Waals surface area contributed by atoms with Crippen LogP contribution in [0, 0.1) is 0 Å². The number of aromatic nitrogens is 1. The van der Waals surface area contributed by atoms with Gasteiger partial charge in [-0.2, -0.15) is 4.31 Å². The third-order valence-corrected chi connectivity index (χ3v) is 7.36. The Morgan fingerprint density at radius 3 is 2.14 bits per heavy atom. The number of hydrogen-bond donors (Lipinski definition) is 0. The molecule has 0 spiro atoms. The Morgan fingerprint density at radius 2 is 1.52 bits per heavy atom. The number of piperazine rings is 1. The van der Waals surface area contributed by atoms with Crippen molar-refractivity contribution in [1.82, 2.24) is 13.8 Å². The van der Waals surface area contributed by atoms with Crippen molar-refractivity contribution in [2.45, 2.75) is 4.90 Å². The highest BCUT2D eigenvalue weighted by molar-refractivity contribution is 9.10. The first-order valence-electron chi connectivity index (χ1n) is 9.23. The number of carbonyl (C=O) groups is 1. The largest absolute Gasteiger partial charge is 0.336 e. The van der Waals surface area contributed by atoms with E-state index < -0.39 is 10.0 Å². The highest BCUT2D eigenvalue weighted by atomic mass is 79.9. The predicted molar refractivity (Wildman–Crippen MR) is 115 cm³/mol. The van der Waals surface area contributed by atoms with Gasteiger partial charge in [0.25, 0.3) is 5.91 Å². The molecule has 1 aliphatic rings. The monoisotopic (exact) mass is 473 g/mol. The average Bonchev–Trinajstić information content (AvgIpc) is 3.28. The lowest BCUT2D eigenvalue weighted by molar-refractivity contribution is 0.0698. The Morgan fingerprint density at radius 1 is 0.862 bits per heavy atom. The number of hydrogen-bond acceptors (Lipinski definition) is 3. The molecule has 0 bridgehead atoms. The molecule has 1 aromatic heterocycles. The predicted octanol–water partition coefficient (Wildman–Crippen LogP) is 3.39. The van der Waals surface area contributed by atoms with E-state index in [0.29, 0.717) is 18.7 Å². The fourth-order valence-corrected chi connectivity index (χ4v) is 5.39. The summed E-state index contributed by atoms with van der Waals surface area (Å²) in [4.78, 5) is 14.8. The van der Waals surface area contributed by atoms with Gasteiger partial charge in [-0.1, -0.05) is 22.0 Å². The van der Waals surface area contributed by atoms with Crippen molar-refractivity contribution in [3.05, 3.63) is 83.1 Å². The van der Waals surface area contributed by atoms with Gasteiger partial charge in [-0.3, -0.25) is 4.79 Å². The van der Waals surface area contributed by atoms with Crippen molar-refractivity contribution in [2.75, 3.05) is 26.2 Å². The number of benzene rings is 2. The van der Waals surface area contributed by atoms with Gasteiger partial charge in [-0.05, 0) is 54.6 Å². The fraction of sp³-hybridized carbons (Fsp3) is 0.190. The number of nitrogens with zero attached hydrogens (tertiary/aromatic N) is 3. The minimum absolute atomic E-state index is 0.0800. The summed E-state index contributed by atoms with van der Waals surface area (Å²) < 4.78 is 29.8. The van der Waals surface area contributed by atoms with E-state index in [9.17, 15) is 13.2 Å². The van der Waals surface area contributed by atoms with Gasteiger partial charge in [0.15, 0.2) is 0 Å². The van der Waals surface area contributed by atoms with Gasteiger partial charge in [0.05, 0.1) is 4.90 Å². The molecule has 4 rings (SSSR count). The van der Waals surface area contributed by atoms with Crippen molar-refractivity contribution < 1.29 is 13.2 Å². The number of carbonyl (C=O) groups excluding carboxylic acids is 1. The molecule has 8 heteroatoms. The van der Waals surface area contributed by atoms with Crippen LogP contribution in [0.3, 0.4) is 0 Å². The number of sulfonamides is 1. The van der Waals surface area contributed by atoms with Crippen LogP contribution in [0.25, 0.3) is 5.69 Å². The van der Waals surface area contributed by atoms with Crippen molar-refractivity contribution in [3.8, 4) is 5.69 Å². The molecule has 1 saturated heterocycles. The van der Waals surface area contributed by atoms with Crippen LogP contribution in [-0.4, -0.2) is 54.3 Å². The first-order valence-corrected chi connectivity index (χ1v) is 11.5. The van der Waals surface area contributed by atoms with Gasteiger partial charge in [0.2, 0.25) is 10.0 Å². The normalized spacial score (nSPS) is 15.4. The quantitative estimate of drug-likeness (QED) is 0.583. The summed E-state index contributed by atoms with van der Waals surface area (Å²) in [6.07, 6.45) is 3.89. The van der Waals surface area contributed by atoms with E-state index in [2.05, 4.69) is 15.9 Å². The molecule has 150 valence electrons. The lowest BCUT2D eigenvalue weighted by atomic mass is 10.1. The highest BCUT2D eigenvalue weighted by Gasteiger charge is 2.30. The van der Waals surface area contributed by atoms with Crippen LogP contribution < -0.4 is 0 Å². The molecule has 0 radical (unpaired) electrons. The van der Waals surface area contributed by atoms with E-state index in [1.807, 2.05) is 53.4 Å². The fourth-order valence-electron chi connectivity index (χ4n) is 3.37. The van der Waals surface area contributed by atoms with Gasteiger partial charge >= 0.3 is 0 Å². The minimum Gasteiger partial charge on any atom is -0.336 e. The minimum atomic E-state index is -3.57. The molecule has 0 aliphatic carbocycles. The van der Waals surface area contributed by atoms with Crippen molar-refractivity contribution >= 4 is 31.9 Å². The standard InChI is InChI=1S/C21H20BrN3O3S/c22-18-4-3-5-20(16-18)29(27,28)25-14-12-24(13-15-25)21(26)17-6-8-19(9-7-17)23-10-1-2-11-23/h1-11,16H,12-15H2. The highest BCUT2D eigenvalue weighted by Crippen LogP contribution is 2.22. The molecular weight excluding hydrogens is 454 g/mol. The molecule has 0 N–H and O–H groups in total. The average molecular weight is 474 g/mol. The topological polar surface area (TPSA) is 62.6 Å². The van der Waals surface area contributed by atoms with Crippen LogP contribution in [-0.2, 0) is 10.0 Å². The third kappa shape index (κ3) is 4.14. The molecular formula is C21H20BrN3O3S. The van der Waals surface area contributed by atoms with Crippen LogP contribution in [0.1, 0.15) is 10.4 Å². The first-order chi connectivity index (χ1) is 13.9. The molecule has 0 saturated carbocycles. The summed E-state index contributed by atoms with van der Waals surface area (Å²) in [7, 11) is -3.57. The van der Waals surface area contributed by atoms with Crippen LogP contribution in [0.4, 0.5) is 0 Å². The summed E-state index contributed by atoms with van der Waals surface area (Å²) in [5, 5.41) is 0. The Kier molecular flexibility index (Phi) is 5.58. The molecule has 0 unspecified atom stereocenters. The number of amides is 1. The van der Waals surface area contributed by atoms with Crippen LogP contribution in [0.2, 0.25) is 0 Å². The van der Waals surface area contributed by atoms with Crippen LogP contribution in [0.15, 0.2) is 82.4 Å². The Hall–Kier alpha value is -2.42. The summed E-state index contributed by atoms with van der Waals surface area (Å²) in [6, 6.07) is 18.0. The number of rotatable bonds is 4. The second-order valence-electron chi connectivity index (χ2n) is 6.79. The molecule has 1 fully saturated rings. The van der Waals surface area contributed by atoms with E-state index in [-0.39, 0.29) is 23.9 Å². The van der Waals surface area contributed by atoms with E-state index >= 15 is 0 Å². The van der Waals surface area contributed by atoms with E-state index in [4.69, 9.17) is 0 Å². The van der Waals surface area contributed by atoms with Gasteiger partial charge < -0.3 is 9.47 Å². The van der Waals surface area contributed by atoms with Crippen molar-refractivity contribution in [2.24, 2.45) is 0 Å². The molecule has 2 heterocycles. The van der Waals surface area contributed by atoms with Gasteiger partial charge in [-0.15, -0.1) is 0 Å². The Balaban J connectivity index is 1.42. The molecule has 6 nitrogen and oxygen atoms in total. The van der Waals surface area contributed by atoms with Gasteiger partial charge in [-0.25, -0.2) is 8.42 Å². The zero-order valence-corrected chi connectivity index (χ0v) is 18.0. The maximum Gasteiger partial charge on any atom is 0.253 e. The van der Waals surface area contributed by atoms with Gasteiger partial charge in [0, 0.05) is 54.3 Å². The van der Waals surface area contributed by atoms with Crippen molar-refractivity contribution in [3.63, 3.8) is 0 Å². The maximum atomic E-state index is 12.8. The zero-order valence-electron chi connectivity index (χ0n) is 15.6. The van der Waals surface area contributed by atoms with Crippen LogP contribution in [0.5, 0.6) is 0 Å². The second kappa shape index (κ2) is 8.14. The second-order valence-corrected chi connectivity index (χ2v) is 9.64. The zero-order chi connectivity index (χ0) is 20.4. The summed E-state index contributed by atoms with van der Waals surface area (Å²) >= 11 is 3.31.